The van der Waals surface area contributed by atoms with Gasteiger partial charge in [0.15, 0.2) is 5.82 Å². The van der Waals surface area contributed by atoms with Gasteiger partial charge in [-0.3, -0.25) is 0 Å². The summed E-state index contributed by atoms with van der Waals surface area (Å²) >= 11 is 5.90. The van der Waals surface area contributed by atoms with Crippen LogP contribution in [0.2, 0.25) is 5.02 Å². The first-order valence-corrected chi connectivity index (χ1v) is 8.24. The lowest BCUT2D eigenvalue weighted by Crippen LogP contribution is -2.06. The number of halogens is 1. The molecule has 3 N–H and O–H groups in total. The van der Waals surface area contributed by atoms with Crippen LogP contribution in [0.4, 0.5) is 11.5 Å². The molecule has 0 spiro atoms. The van der Waals surface area contributed by atoms with E-state index in [9.17, 15) is 0 Å². The molecule has 2 aromatic carbocycles. The average Bonchev–Trinajstić information content (AvgIpc) is 2.56. The summed E-state index contributed by atoms with van der Waals surface area (Å²) in [6.07, 6.45) is 1.43. The first kappa shape index (κ1) is 17.0. The fourth-order valence-corrected chi connectivity index (χ4v) is 2.62. The molecule has 0 unspecified atom stereocenters. The zero-order chi connectivity index (χ0) is 17.8. The predicted octanol–water partition coefficient (Wildman–Crippen LogP) is 4.73. The van der Waals surface area contributed by atoms with Gasteiger partial charge in [-0.15, -0.1) is 0 Å². The molecule has 6 heteroatoms. The molecule has 0 fully saturated rings. The molecule has 25 heavy (non-hydrogen) atoms. The number of ether oxygens (including phenoxy) is 1. The van der Waals surface area contributed by atoms with E-state index in [-0.39, 0.29) is 0 Å². The highest BCUT2D eigenvalue weighted by Crippen LogP contribution is 2.30. The second-order valence-electron chi connectivity index (χ2n) is 5.85. The zero-order valence-electron chi connectivity index (χ0n) is 14.1. The van der Waals surface area contributed by atoms with Gasteiger partial charge in [0.05, 0.1) is 0 Å². The fourth-order valence-electron chi connectivity index (χ4n) is 2.49. The van der Waals surface area contributed by atoms with Crippen LogP contribution in [0.15, 0.2) is 48.8 Å². The van der Waals surface area contributed by atoms with Crippen LogP contribution < -0.4 is 15.8 Å². The Bertz CT molecular complexity index is 861. The second kappa shape index (κ2) is 7.40. The molecule has 0 bridgehead atoms. The van der Waals surface area contributed by atoms with E-state index in [0.717, 1.165) is 16.7 Å². The standard InChI is InChI=1S/C19H19ClN4O/c1-12-7-13(2)9-16(8-12)25-19-17(21)18(23-11-24-19)22-10-14-3-5-15(20)6-4-14/h3-9,11H,10,21H2,1-2H3,(H,22,23,24). The van der Waals surface area contributed by atoms with Crippen molar-refractivity contribution in [3.63, 3.8) is 0 Å². The van der Waals surface area contributed by atoms with Crippen LogP contribution in [-0.4, -0.2) is 9.97 Å². The SMILES string of the molecule is Cc1cc(C)cc(Oc2ncnc(NCc3ccc(Cl)cc3)c2N)c1. The number of aryl methyl sites for hydroxylation is 2. The number of aromatic nitrogens is 2. The van der Waals surface area contributed by atoms with Crippen molar-refractivity contribution in [3.05, 3.63) is 70.5 Å². The van der Waals surface area contributed by atoms with Crippen LogP contribution in [0.5, 0.6) is 11.6 Å². The van der Waals surface area contributed by atoms with Gasteiger partial charge in [0.25, 0.3) is 0 Å². The summed E-state index contributed by atoms with van der Waals surface area (Å²) < 4.78 is 5.85. The summed E-state index contributed by atoms with van der Waals surface area (Å²) in [6.45, 7) is 4.60. The van der Waals surface area contributed by atoms with E-state index in [4.69, 9.17) is 22.1 Å². The number of nitrogens with zero attached hydrogens (tertiary/aromatic N) is 2. The minimum absolute atomic E-state index is 0.332. The molecule has 0 atom stereocenters. The van der Waals surface area contributed by atoms with Gasteiger partial charge in [-0.25, -0.2) is 4.98 Å². The Kier molecular flexibility index (Phi) is 5.05. The monoisotopic (exact) mass is 354 g/mol. The maximum atomic E-state index is 6.16. The summed E-state index contributed by atoms with van der Waals surface area (Å²) in [5.74, 6) is 1.56. The summed E-state index contributed by atoms with van der Waals surface area (Å²) in [4.78, 5) is 8.34. The third-order valence-corrected chi connectivity index (χ3v) is 3.88. The van der Waals surface area contributed by atoms with Crippen molar-refractivity contribution >= 4 is 23.1 Å². The highest BCUT2D eigenvalue weighted by molar-refractivity contribution is 6.30. The number of anilines is 2. The Morgan fingerprint density at radius 2 is 1.72 bits per heavy atom. The van der Waals surface area contributed by atoms with Crippen molar-refractivity contribution in [1.29, 1.82) is 0 Å². The first-order chi connectivity index (χ1) is 12.0. The van der Waals surface area contributed by atoms with E-state index in [1.54, 1.807) is 0 Å². The quantitative estimate of drug-likeness (QED) is 0.692. The number of nitrogens with two attached hydrogens (primary N) is 1. The number of hydrogen-bond acceptors (Lipinski definition) is 5. The predicted molar refractivity (Wildman–Crippen MR) is 101 cm³/mol. The zero-order valence-corrected chi connectivity index (χ0v) is 14.8. The number of nitrogen functional groups attached to an aromatic ring is 1. The Labute approximate surface area is 151 Å². The minimum atomic E-state index is 0.332. The summed E-state index contributed by atoms with van der Waals surface area (Å²) in [5.41, 5.74) is 9.83. The lowest BCUT2D eigenvalue weighted by atomic mass is 10.1. The summed E-state index contributed by atoms with van der Waals surface area (Å²) in [5, 5.41) is 3.90. The lowest BCUT2D eigenvalue weighted by molar-refractivity contribution is 0.464. The number of benzene rings is 2. The molecule has 128 valence electrons. The normalized spacial score (nSPS) is 10.5. The molecule has 5 nitrogen and oxygen atoms in total. The fraction of sp³-hybridized carbons (Fsp3) is 0.158. The lowest BCUT2D eigenvalue weighted by Gasteiger charge is -2.12. The van der Waals surface area contributed by atoms with E-state index in [0.29, 0.717) is 34.7 Å². The van der Waals surface area contributed by atoms with Crippen LogP contribution in [-0.2, 0) is 6.54 Å². The molecule has 0 aliphatic rings. The summed E-state index contributed by atoms with van der Waals surface area (Å²) in [6, 6.07) is 13.5. The van der Waals surface area contributed by atoms with Crippen LogP contribution in [0, 0.1) is 13.8 Å². The van der Waals surface area contributed by atoms with Gasteiger partial charge in [0, 0.05) is 11.6 Å². The Morgan fingerprint density at radius 3 is 2.40 bits per heavy atom. The van der Waals surface area contributed by atoms with Gasteiger partial charge in [-0.2, -0.15) is 4.98 Å². The van der Waals surface area contributed by atoms with Gasteiger partial charge in [0.2, 0.25) is 5.88 Å². The van der Waals surface area contributed by atoms with Gasteiger partial charge >= 0.3 is 0 Å². The highest BCUT2D eigenvalue weighted by atomic mass is 35.5. The van der Waals surface area contributed by atoms with E-state index < -0.39 is 0 Å². The molecule has 3 aromatic rings. The Hall–Kier alpha value is -2.79. The molecule has 0 saturated heterocycles. The number of hydrogen-bond donors (Lipinski definition) is 2. The third kappa shape index (κ3) is 4.39. The van der Waals surface area contributed by atoms with Crippen molar-refractivity contribution in [2.75, 3.05) is 11.1 Å². The van der Waals surface area contributed by atoms with Gasteiger partial charge < -0.3 is 15.8 Å². The van der Waals surface area contributed by atoms with Crippen molar-refractivity contribution in [2.24, 2.45) is 0 Å². The number of nitrogens with one attached hydrogen (secondary N) is 1. The van der Waals surface area contributed by atoms with Crippen molar-refractivity contribution in [2.45, 2.75) is 20.4 Å². The molecule has 3 rings (SSSR count). The van der Waals surface area contributed by atoms with Gasteiger partial charge in [-0.1, -0.05) is 29.8 Å². The topological polar surface area (TPSA) is 73.1 Å². The summed E-state index contributed by atoms with van der Waals surface area (Å²) in [7, 11) is 0. The molecule has 0 radical (unpaired) electrons. The first-order valence-electron chi connectivity index (χ1n) is 7.86. The molecule has 0 saturated carbocycles. The minimum Gasteiger partial charge on any atom is -0.437 e. The second-order valence-corrected chi connectivity index (χ2v) is 6.28. The molecule has 1 aromatic heterocycles. The van der Waals surface area contributed by atoms with Crippen LogP contribution in [0.3, 0.4) is 0 Å². The van der Waals surface area contributed by atoms with Crippen LogP contribution in [0.1, 0.15) is 16.7 Å². The third-order valence-electron chi connectivity index (χ3n) is 3.63. The Morgan fingerprint density at radius 1 is 1.04 bits per heavy atom. The largest absolute Gasteiger partial charge is 0.437 e. The van der Waals surface area contributed by atoms with Crippen molar-refractivity contribution in [1.82, 2.24) is 9.97 Å². The molecule has 0 amide bonds. The molecular formula is C19H19ClN4O. The average molecular weight is 355 g/mol. The van der Waals surface area contributed by atoms with Crippen molar-refractivity contribution < 1.29 is 4.74 Å². The van der Waals surface area contributed by atoms with Crippen molar-refractivity contribution in [3.8, 4) is 11.6 Å². The highest BCUT2D eigenvalue weighted by Gasteiger charge is 2.11. The van der Waals surface area contributed by atoms with Crippen LogP contribution >= 0.6 is 11.6 Å². The maximum Gasteiger partial charge on any atom is 0.248 e. The smallest absolute Gasteiger partial charge is 0.248 e. The van der Waals surface area contributed by atoms with E-state index in [1.165, 1.54) is 6.33 Å². The number of rotatable bonds is 5. The van der Waals surface area contributed by atoms with E-state index in [2.05, 4.69) is 21.4 Å². The van der Waals surface area contributed by atoms with E-state index >= 15 is 0 Å². The maximum absolute atomic E-state index is 6.16. The molecule has 0 aliphatic carbocycles. The van der Waals surface area contributed by atoms with E-state index in [1.807, 2.05) is 50.2 Å². The molecule has 1 heterocycles. The van der Waals surface area contributed by atoms with Crippen LogP contribution in [0.25, 0.3) is 0 Å². The molecule has 0 aliphatic heterocycles. The van der Waals surface area contributed by atoms with Gasteiger partial charge in [0.1, 0.15) is 17.8 Å². The van der Waals surface area contributed by atoms with Gasteiger partial charge in [-0.05, 0) is 54.8 Å². The Balaban J connectivity index is 1.76. The molecular weight excluding hydrogens is 336 g/mol.